The fourth-order valence-electron chi connectivity index (χ4n) is 5.80. The van der Waals surface area contributed by atoms with Crippen LogP contribution in [0.2, 0.25) is 0 Å². The molecule has 1 fully saturated rings. The third-order valence-electron chi connectivity index (χ3n) is 7.34. The Morgan fingerprint density at radius 1 is 1.16 bits per heavy atom. The highest BCUT2D eigenvalue weighted by Gasteiger charge is 2.52. The first kappa shape index (κ1) is 21.5. The van der Waals surface area contributed by atoms with Gasteiger partial charge in [-0.05, 0) is 42.9 Å². The number of rotatable bonds is 6. The number of carbonyl (C=O) groups is 1. The molecule has 3 heterocycles. The van der Waals surface area contributed by atoms with Crippen LogP contribution in [-0.2, 0) is 29.5 Å². The first-order valence-electron chi connectivity index (χ1n) is 11.7. The molecular weight excluding hydrogens is 420 g/mol. The molecule has 5 rings (SSSR count). The van der Waals surface area contributed by atoms with E-state index in [1.807, 2.05) is 6.92 Å². The smallest absolute Gasteiger partial charge is 0.305 e. The predicted octanol–water partition coefficient (Wildman–Crippen LogP) is 5.76. The highest BCUT2D eigenvalue weighted by Crippen LogP contribution is 2.51. The normalized spacial score (nSPS) is 25.0. The van der Waals surface area contributed by atoms with Crippen molar-refractivity contribution in [2.45, 2.75) is 62.5 Å². The number of aromatic nitrogens is 1. The Bertz CT molecular complexity index is 1130. The minimum Gasteiger partial charge on any atom is -0.464 e. The van der Waals surface area contributed by atoms with Crippen molar-refractivity contribution in [2.24, 2.45) is 7.05 Å². The van der Waals surface area contributed by atoms with E-state index >= 15 is 0 Å². The SMILES string of the molecule is CCCC(=O)OCC1(Cl)CCC2c3c(c4ccccc4n3C)CC1N2Cc1ccccc1. The van der Waals surface area contributed by atoms with Gasteiger partial charge in [0.15, 0.2) is 0 Å². The lowest BCUT2D eigenvalue weighted by Gasteiger charge is -2.53. The summed E-state index contributed by atoms with van der Waals surface area (Å²) in [4.78, 5) is 14.1. The molecule has 2 bridgehead atoms. The Morgan fingerprint density at radius 2 is 1.91 bits per heavy atom. The molecule has 2 aliphatic rings. The zero-order valence-electron chi connectivity index (χ0n) is 18.9. The molecule has 3 aromatic rings. The van der Waals surface area contributed by atoms with Crippen molar-refractivity contribution in [1.29, 1.82) is 0 Å². The van der Waals surface area contributed by atoms with Crippen LogP contribution in [0, 0.1) is 0 Å². The molecule has 3 unspecified atom stereocenters. The molecule has 1 saturated heterocycles. The van der Waals surface area contributed by atoms with Gasteiger partial charge in [0.25, 0.3) is 0 Å². The molecule has 0 radical (unpaired) electrons. The lowest BCUT2D eigenvalue weighted by molar-refractivity contribution is -0.146. The minimum atomic E-state index is -0.580. The molecule has 2 aromatic carbocycles. The van der Waals surface area contributed by atoms with Gasteiger partial charge >= 0.3 is 5.97 Å². The third kappa shape index (κ3) is 3.64. The van der Waals surface area contributed by atoms with Crippen molar-refractivity contribution >= 4 is 28.5 Å². The number of alkyl halides is 1. The fourth-order valence-corrected chi connectivity index (χ4v) is 6.17. The number of benzene rings is 2. The van der Waals surface area contributed by atoms with Crippen LogP contribution in [0.3, 0.4) is 0 Å². The van der Waals surface area contributed by atoms with E-state index < -0.39 is 4.87 Å². The van der Waals surface area contributed by atoms with Crippen LogP contribution in [0.25, 0.3) is 10.9 Å². The Kier molecular flexibility index (Phi) is 5.77. The lowest BCUT2D eigenvalue weighted by atomic mass is 9.75. The van der Waals surface area contributed by atoms with Crippen molar-refractivity contribution in [1.82, 2.24) is 9.47 Å². The van der Waals surface area contributed by atoms with Crippen LogP contribution in [0.1, 0.15) is 55.5 Å². The molecule has 0 saturated carbocycles. The number of carbonyl (C=O) groups excluding carboxylic acids is 1. The van der Waals surface area contributed by atoms with E-state index in [0.29, 0.717) is 12.5 Å². The molecule has 0 N–H and O–H groups in total. The van der Waals surface area contributed by atoms with E-state index in [1.165, 1.54) is 27.7 Å². The number of piperidine rings is 1. The van der Waals surface area contributed by atoms with Crippen LogP contribution < -0.4 is 0 Å². The number of ether oxygens (including phenoxy) is 1. The standard InChI is InChI=1S/C27H31ClN2O2/c1-3-9-25(31)32-18-27(28)15-14-23-26-21(20-12-7-8-13-22(20)29(26)2)16-24(27)30(23)17-19-10-5-4-6-11-19/h4-8,10-13,23-24H,3,9,14-18H2,1-2H3. The van der Waals surface area contributed by atoms with Crippen molar-refractivity contribution in [3.63, 3.8) is 0 Å². The second-order valence-corrected chi connectivity index (χ2v) is 10.1. The van der Waals surface area contributed by atoms with Crippen LogP contribution >= 0.6 is 11.6 Å². The Morgan fingerprint density at radius 3 is 2.69 bits per heavy atom. The number of nitrogens with zero attached hydrogens (tertiary/aromatic N) is 2. The second kappa shape index (κ2) is 8.57. The molecule has 168 valence electrons. The summed E-state index contributed by atoms with van der Waals surface area (Å²) in [5.74, 6) is -0.147. The third-order valence-corrected chi connectivity index (χ3v) is 7.89. The van der Waals surface area contributed by atoms with Gasteiger partial charge in [0.05, 0.1) is 10.9 Å². The average molecular weight is 451 g/mol. The quantitative estimate of drug-likeness (QED) is 0.353. The molecule has 4 nitrogen and oxygen atoms in total. The maximum Gasteiger partial charge on any atom is 0.305 e. The van der Waals surface area contributed by atoms with Gasteiger partial charge in [0.1, 0.15) is 6.61 Å². The summed E-state index contributed by atoms with van der Waals surface area (Å²) >= 11 is 7.34. The number of esters is 1. The van der Waals surface area contributed by atoms with E-state index in [4.69, 9.17) is 16.3 Å². The van der Waals surface area contributed by atoms with Crippen molar-refractivity contribution < 1.29 is 9.53 Å². The monoisotopic (exact) mass is 450 g/mol. The maximum atomic E-state index is 12.2. The highest BCUT2D eigenvalue weighted by molar-refractivity contribution is 6.24. The van der Waals surface area contributed by atoms with Gasteiger partial charge in [0.2, 0.25) is 0 Å². The molecule has 2 aliphatic heterocycles. The highest BCUT2D eigenvalue weighted by atomic mass is 35.5. The molecule has 1 aromatic heterocycles. The van der Waals surface area contributed by atoms with E-state index in [9.17, 15) is 4.79 Å². The lowest BCUT2D eigenvalue weighted by Crippen LogP contribution is -2.60. The van der Waals surface area contributed by atoms with E-state index in [-0.39, 0.29) is 18.6 Å². The topological polar surface area (TPSA) is 34.5 Å². The van der Waals surface area contributed by atoms with Crippen LogP contribution in [0.5, 0.6) is 0 Å². The number of halogens is 1. The Hall–Kier alpha value is -2.30. The Labute approximate surface area is 195 Å². The summed E-state index contributed by atoms with van der Waals surface area (Å²) in [5, 5.41) is 1.32. The van der Waals surface area contributed by atoms with E-state index in [0.717, 1.165) is 32.2 Å². The molecule has 0 aliphatic carbocycles. The van der Waals surface area contributed by atoms with Crippen LogP contribution in [0.15, 0.2) is 54.6 Å². The van der Waals surface area contributed by atoms with Gasteiger partial charge in [-0.25, -0.2) is 0 Å². The Balaban J connectivity index is 1.55. The number of aryl methyl sites for hydroxylation is 1. The number of fused-ring (bicyclic) bond motifs is 6. The van der Waals surface area contributed by atoms with Gasteiger partial charge in [-0.2, -0.15) is 0 Å². The van der Waals surface area contributed by atoms with Gasteiger partial charge in [0, 0.05) is 42.7 Å². The molecule has 0 spiro atoms. The summed E-state index contributed by atoms with van der Waals surface area (Å²) in [6.07, 6.45) is 3.90. The van der Waals surface area contributed by atoms with E-state index in [2.05, 4.69) is 71.1 Å². The van der Waals surface area contributed by atoms with Gasteiger partial charge < -0.3 is 9.30 Å². The predicted molar refractivity (Wildman–Crippen MR) is 129 cm³/mol. The zero-order valence-corrected chi connectivity index (χ0v) is 19.6. The number of hydrogen-bond donors (Lipinski definition) is 0. The number of hydrogen-bond acceptors (Lipinski definition) is 3. The first-order chi connectivity index (χ1) is 15.5. The molecular formula is C27H31ClN2O2. The maximum absolute atomic E-state index is 12.2. The molecule has 0 amide bonds. The van der Waals surface area contributed by atoms with Crippen LogP contribution in [0.4, 0.5) is 0 Å². The summed E-state index contributed by atoms with van der Waals surface area (Å²) in [5.41, 5.74) is 5.39. The van der Waals surface area contributed by atoms with Gasteiger partial charge in [-0.3, -0.25) is 9.69 Å². The number of para-hydroxylation sites is 1. The minimum absolute atomic E-state index is 0.107. The largest absolute Gasteiger partial charge is 0.464 e. The summed E-state index contributed by atoms with van der Waals surface area (Å²) in [6.45, 7) is 3.11. The van der Waals surface area contributed by atoms with Crippen molar-refractivity contribution in [2.75, 3.05) is 6.61 Å². The fraction of sp³-hybridized carbons (Fsp3) is 0.444. The molecule has 32 heavy (non-hydrogen) atoms. The molecule has 5 heteroatoms. The van der Waals surface area contributed by atoms with Crippen molar-refractivity contribution in [3.05, 3.63) is 71.4 Å². The second-order valence-electron chi connectivity index (χ2n) is 9.32. The zero-order chi connectivity index (χ0) is 22.3. The first-order valence-corrected chi connectivity index (χ1v) is 12.1. The average Bonchev–Trinajstić information content (AvgIpc) is 3.08. The summed E-state index contributed by atoms with van der Waals surface area (Å²) in [6, 6.07) is 19.7. The van der Waals surface area contributed by atoms with Gasteiger partial charge in [-0.15, -0.1) is 11.6 Å². The van der Waals surface area contributed by atoms with Crippen LogP contribution in [-0.4, -0.2) is 33.0 Å². The molecule has 3 atom stereocenters. The summed E-state index contributed by atoms with van der Waals surface area (Å²) < 4.78 is 8.07. The summed E-state index contributed by atoms with van der Waals surface area (Å²) in [7, 11) is 2.19. The van der Waals surface area contributed by atoms with Gasteiger partial charge in [-0.1, -0.05) is 55.5 Å². The van der Waals surface area contributed by atoms with Crippen molar-refractivity contribution in [3.8, 4) is 0 Å². The van der Waals surface area contributed by atoms with E-state index in [1.54, 1.807) is 0 Å².